The molecular weight excluding hydrogens is 344 g/mol. The van der Waals surface area contributed by atoms with E-state index in [1.165, 1.54) is 83.5 Å². The molecule has 0 N–H and O–H groups in total. The van der Waals surface area contributed by atoms with Crippen molar-refractivity contribution in [2.45, 2.75) is 130 Å². The maximum Gasteiger partial charge on any atom is 0.157 e. The van der Waals surface area contributed by atoms with Crippen LogP contribution in [0.25, 0.3) is 0 Å². The second-order valence-electron chi connectivity index (χ2n) is 7.93. The van der Waals surface area contributed by atoms with Crippen LogP contribution in [0.15, 0.2) is 24.3 Å². The number of rotatable bonds is 22. The smallest absolute Gasteiger partial charge is 0.157 e. The second kappa shape index (κ2) is 24.4. The van der Waals surface area contributed by atoms with Gasteiger partial charge in [-0.15, -0.1) is 0 Å². The predicted molar refractivity (Wildman–Crippen MR) is 125 cm³/mol. The van der Waals surface area contributed by atoms with Crippen molar-refractivity contribution in [1.29, 1.82) is 0 Å². The van der Waals surface area contributed by atoms with E-state index in [1.807, 2.05) is 0 Å². The van der Waals surface area contributed by atoms with Gasteiger partial charge in [0.1, 0.15) is 0 Å². The van der Waals surface area contributed by atoms with Crippen LogP contribution in [0.3, 0.4) is 0 Å². The fourth-order valence-corrected chi connectivity index (χ4v) is 3.12. The Hall–Kier alpha value is -0.600. The van der Waals surface area contributed by atoms with Crippen molar-refractivity contribution in [2.75, 3.05) is 13.2 Å². The Morgan fingerprint density at radius 2 is 1.04 bits per heavy atom. The number of ether oxygens (including phenoxy) is 2. The highest BCUT2D eigenvalue weighted by Crippen LogP contribution is 2.13. The van der Waals surface area contributed by atoms with Crippen LogP contribution in [-0.2, 0) is 9.47 Å². The lowest BCUT2D eigenvalue weighted by atomic mass is 10.1. The summed E-state index contributed by atoms with van der Waals surface area (Å²) in [5.41, 5.74) is 0. The molecule has 0 aliphatic carbocycles. The molecule has 0 amide bonds. The minimum absolute atomic E-state index is 0.0242. The molecule has 0 saturated heterocycles. The van der Waals surface area contributed by atoms with Crippen LogP contribution in [0.1, 0.15) is 124 Å². The van der Waals surface area contributed by atoms with Crippen LogP contribution in [0, 0.1) is 0 Å². The topological polar surface area (TPSA) is 18.5 Å². The summed E-state index contributed by atoms with van der Waals surface area (Å²) in [4.78, 5) is 0. The Labute approximate surface area is 177 Å². The van der Waals surface area contributed by atoms with E-state index in [4.69, 9.17) is 9.47 Å². The molecule has 0 unspecified atom stereocenters. The van der Waals surface area contributed by atoms with Crippen LogP contribution in [0.4, 0.5) is 0 Å². The molecule has 2 heteroatoms. The van der Waals surface area contributed by atoms with Gasteiger partial charge in [0.05, 0.1) is 0 Å². The SMILES string of the molecule is CCCCC=CC=CCCCCCCCC(OCCCCC)OCCCCC. The quantitative estimate of drug-likeness (QED) is 0.104. The van der Waals surface area contributed by atoms with E-state index in [-0.39, 0.29) is 6.29 Å². The highest BCUT2D eigenvalue weighted by Gasteiger charge is 2.09. The van der Waals surface area contributed by atoms with Crippen LogP contribution in [-0.4, -0.2) is 19.5 Å². The molecule has 28 heavy (non-hydrogen) atoms. The van der Waals surface area contributed by atoms with Crippen molar-refractivity contribution in [3.05, 3.63) is 24.3 Å². The van der Waals surface area contributed by atoms with E-state index in [2.05, 4.69) is 45.1 Å². The molecule has 0 rings (SSSR count). The first-order valence-electron chi connectivity index (χ1n) is 12.4. The lowest BCUT2D eigenvalue weighted by Crippen LogP contribution is -2.19. The summed E-state index contributed by atoms with van der Waals surface area (Å²) in [5, 5.41) is 0. The maximum absolute atomic E-state index is 5.99. The Balaban J connectivity index is 3.66. The first-order valence-corrected chi connectivity index (χ1v) is 12.4. The van der Waals surface area contributed by atoms with Crippen molar-refractivity contribution < 1.29 is 9.47 Å². The molecule has 0 bridgehead atoms. The van der Waals surface area contributed by atoms with Crippen molar-refractivity contribution in [2.24, 2.45) is 0 Å². The van der Waals surface area contributed by atoms with Crippen LogP contribution < -0.4 is 0 Å². The zero-order valence-corrected chi connectivity index (χ0v) is 19.4. The summed E-state index contributed by atoms with van der Waals surface area (Å²) in [6.07, 6.45) is 28.9. The van der Waals surface area contributed by atoms with Crippen LogP contribution in [0.2, 0.25) is 0 Å². The summed E-state index contributed by atoms with van der Waals surface area (Å²) in [6.45, 7) is 8.42. The monoisotopic (exact) mass is 394 g/mol. The molecule has 0 saturated carbocycles. The highest BCUT2D eigenvalue weighted by atomic mass is 16.7. The minimum atomic E-state index is 0.0242. The van der Waals surface area contributed by atoms with Crippen molar-refractivity contribution >= 4 is 0 Å². The van der Waals surface area contributed by atoms with Gasteiger partial charge in [-0.05, 0) is 44.9 Å². The van der Waals surface area contributed by atoms with Gasteiger partial charge in [-0.25, -0.2) is 0 Å². The summed E-state index contributed by atoms with van der Waals surface area (Å²) in [6, 6.07) is 0. The van der Waals surface area contributed by atoms with Gasteiger partial charge in [0.15, 0.2) is 6.29 Å². The largest absolute Gasteiger partial charge is 0.353 e. The van der Waals surface area contributed by atoms with E-state index < -0.39 is 0 Å². The van der Waals surface area contributed by atoms with E-state index in [1.54, 1.807) is 0 Å². The fourth-order valence-electron chi connectivity index (χ4n) is 3.12. The molecule has 0 fully saturated rings. The average Bonchev–Trinajstić information content (AvgIpc) is 2.71. The number of hydrogen-bond acceptors (Lipinski definition) is 2. The first kappa shape index (κ1) is 27.4. The molecule has 0 aromatic rings. The molecule has 0 aliphatic rings. The summed E-state index contributed by atoms with van der Waals surface area (Å²) >= 11 is 0. The van der Waals surface area contributed by atoms with Gasteiger partial charge in [0.25, 0.3) is 0 Å². The molecule has 0 aliphatic heterocycles. The molecule has 0 aromatic carbocycles. The van der Waals surface area contributed by atoms with Gasteiger partial charge in [0, 0.05) is 13.2 Å². The molecule has 0 heterocycles. The standard InChI is InChI=1S/C26H50O2/c1-4-7-10-11-12-13-14-15-16-17-18-19-20-23-26(27-24-21-8-5-2)28-25-22-9-6-3/h11-14,26H,4-10,15-25H2,1-3H3. The maximum atomic E-state index is 5.99. The third-order valence-electron chi connectivity index (χ3n) is 5.02. The van der Waals surface area contributed by atoms with E-state index >= 15 is 0 Å². The number of hydrogen-bond donors (Lipinski definition) is 0. The minimum Gasteiger partial charge on any atom is -0.353 e. The molecule has 0 spiro atoms. The van der Waals surface area contributed by atoms with Gasteiger partial charge in [0.2, 0.25) is 0 Å². The number of unbranched alkanes of at least 4 members (excludes halogenated alkanes) is 11. The van der Waals surface area contributed by atoms with E-state index in [0.29, 0.717) is 0 Å². The lowest BCUT2D eigenvalue weighted by molar-refractivity contribution is -0.148. The summed E-state index contributed by atoms with van der Waals surface area (Å²) < 4.78 is 12.0. The second-order valence-corrected chi connectivity index (χ2v) is 7.93. The number of allylic oxidation sites excluding steroid dienone is 4. The van der Waals surface area contributed by atoms with E-state index in [9.17, 15) is 0 Å². The van der Waals surface area contributed by atoms with Gasteiger partial charge < -0.3 is 9.47 Å². The molecule has 0 aromatic heterocycles. The third-order valence-corrected chi connectivity index (χ3v) is 5.02. The van der Waals surface area contributed by atoms with Crippen molar-refractivity contribution in [3.8, 4) is 0 Å². The zero-order valence-electron chi connectivity index (χ0n) is 19.4. The summed E-state index contributed by atoms with van der Waals surface area (Å²) in [7, 11) is 0. The molecular formula is C26H50O2. The van der Waals surface area contributed by atoms with E-state index in [0.717, 1.165) is 32.5 Å². The molecule has 0 atom stereocenters. The van der Waals surface area contributed by atoms with Gasteiger partial charge >= 0.3 is 0 Å². The highest BCUT2D eigenvalue weighted by molar-refractivity contribution is 5.02. The zero-order chi connectivity index (χ0) is 20.5. The molecule has 2 nitrogen and oxygen atoms in total. The van der Waals surface area contributed by atoms with Gasteiger partial charge in [-0.2, -0.15) is 0 Å². The lowest BCUT2D eigenvalue weighted by Gasteiger charge is -2.18. The van der Waals surface area contributed by atoms with Gasteiger partial charge in [-0.1, -0.05) is 103 Å². The third kappa shape index (κ3) is 21.7. The molecule has 166 valence electrons. The van der Waals surface area contributed by atoms with Crippen LogP contribution in [0.5, 0.6) is 0 Å². The Bertz CT molecular complexity index is 323. The fraction of sp³-hybridized carbons (Fsp3) is 0.846. The van der Waals surface area contributed by atoms with Gasteiger partial charge in [-0.3, -0.25) is 0 Å². The predicted octanol–water partition coefficient (Wildman–Crippen LogP) is 8.76. The Morgan fingerprint density at radius 3 is 1.61 bits per heavy atom. The van der Waals surface area contributed by atoms with Crippen molar-refractivity contribution in [1.82, 2.24) is 0 Å². The average molecular weight is 395 g/mol. The first-order chi connectivity index (χ1) is 13.8. The Morgan fingerprint density at radius 1 is 0.536 bits per heavy atom. The normalized spacial score (nSPS) is 12.1. The summed E-state index contributed by atoms with van der Waals surface area (Å²) in [5.74, 6) is 0. The molecule has 0 radical (unpaired) electrons. The van der Waals surface area contributed by atoms with Crippen molar-refractivity contribution in [3.63, 3.8) is 0 Å². The Kier molecular flexibility index (Phi) is 23.9. The van der Waals surface area contributed by atoms with Crippen LogP contribution >= 0.6 is 0 Å².